The lowest BCUT2D eigenvalue weighted by Gasteiger charge is -2.17. The Morgan fingerprint density at radius 1 is 1.25 bits per heavy atom. The van der Waals surface area contributed by atoms with Gasteiger partial charge in [0.05, 0.1) is 18.3 Å². The smallest absolute Gasteiger partial charge is 0.481 e. The standard InChI is InChI=1S/C9H4F7NO3/c10-3-2-17-4(1-5(18)19)6(8(11,12)13)7(3)20-9(14,15)16/h2H,1H2,(H,18,19). The summed E-state index contributed by atoms with van der Waals surface area (Å²) in [5.41, 5.74) is -3.50. The molecule has 0 aliphatic heterocycles. The number of hydrogen-bond acceptors (Lipinski definition) is 3. The van der Waals surface area contributed by atoms with Gasteiger partial charge < -0.3 is 9.84 Å². The Balaban J connectivity index is 3.50. The van der Waals surface area contributed by atoms with Crippen LogP contribution in [0.15, 0.2) is 6.20 Å². The second kappa shape index (κ2) is 5.13. The van der Waals surface area contributed by atoms with E-state index >= 15 is 0 Å². The number of halogens is 7. The van der Waals surface area contributed by atoms with Crippen LogP contribution in [0.4, 0.5) is 30.7 Å². The minimum absolute atomic E-state index is 0.0224. The van der Waals surface area contributed by atoms with Gasteiger partial charge in [-0.25, -0.2) is 4.39 Å². The van der Waals surface area contributed by atoms with Crippen molar-refractivity contribution in [3.8, 4) is 5.75 Å². The van der Waals surface area contributed by atoms with Crippen LogP contribution in [0.2, 0.25) is 0 Å². The van der Waals surface area contributed by atoms with Gasteiger partial charge in [-0.3, -0.25) is 9.78 Å². The second-order valence-electron chi connectivity index (χ2n) is 3.37. The molecule has 0 saturated carbocycles. The molecule has 0 aliphatic rings. The van der Waals surface area contributed by atoms with E-state index in [-0.39, 0.29) is 6.20 Å². The highest BCUT2D eigenvalue weighted by Gasteiger charge is 2.43. The van der Waals surface area contributed by atoms with Crippen molar-refractivity contribution in [3.05, 3.63) is 23.3 Å². The number of aliphatic carboxylic acids is 1. The third-order valence-electron chi connectivity index (χ3n) is 1.89. The number of alkyl halides is 6. The number of ether oxygens (including phenoxy) is 1. The van der Waals surface area contributed by atoms with Gasteiger partial charge in [0.2, 0.25) is 0 Å². The van der Waals surface area contributed by atoms with E-state index in [2.05, 4.69) is 9.72 Å². The lowest BCUT2D eigenvalue weighted by atomic mass is 10.1. The molecule has 0 radical (unpaired) electrons. The molecule has 0 aliphatic carbocycles. The van der Waals surface area contributed by atoms with E-state index in [1.54, 1.807) is 0 Å². The first kappa shape index (κ1) is 16.0. The van der Waals surface area contributed by atoms with E-state index in [1.165, 1.54) is 0 Å². The molecule has 20 heavy (non-hydrogen) atoms. The fourth-order valence-electron chi connectivity index (χ4n) is 1.29. The van der Waals surface area contributed by atoms with E-state index in [9.17, 15) is 35.5 Å². The molecular formula is C9H4F7NO3. The number of pyridine rings is 1. The van der Waals surface area contributed by atoms with Gasteiger partial charge >= 0.3 is 18.5 Å². The average Bonchev–Trinajstić information content (AvgIpc) is 2.18. The van der Waals surface area contributed by atoms with Crippen molar-refractivity contribution in [3.63, 3.8) is 0 Å². The predicted molar refractivity (Wildman–Crippen MR) is 47.2 cm³/mol. The Kier molecular flexibility index (Phi) is 4.10. The molecule has 112 valence electrons. The monoisotopic (exact) mass is 307 g/mol. The van der Waals surface area contributed by atoms with Crippen molar-refractivity contribution in [2.45, 2.75) is 19.0 Å². The fraction of sp³-hybridized carbons (Fsp3) is 0.333. The minimum Gasteiger partial charge on any atom is -0.481 e. The lowest BCUT2D eigenvalue weighted by Crippen LogP contribution is -2.23. The first-order valence-corrected chi connectivity index (χ1v) is 4.64. The van der Waals surface area contributed by atoms with Gasteiger partial charge in [0.1, 0.15) is 5.56 Å². The van der Waals surface area contributed by atoms with E-state index < -0.39 is 47.8 Å². The van der Waals surface area contributed by atoms with Gasteiger partial charge in [-0.05, 0) is 0 Å². The van der Waals surface area contributed by atoms with Gasteiger partial charge in [0.15, 0.2) is 11.6 Å². The highest BCUT2D eigenvalue weighted by atomic mass is 19.4. The second-order valence-corrected chi connectivity index (χ2v) is 3.37. The van der Waals surface area contributed by atoms with Gasteiger partial charge in [-0.1, -0.05) is 0 Å². The zero-order valence-electron chi connectivity index (χ0n) is 9.14. The van der Waals surface area contributed by atoms with Crippen LogP contribution in [0.25, 0.3) is 0 Å². The Labute approximate surface area is 105 Å². The van der Waals surface area contributed by atoms with Crippen molar-refractivity contribution in [2.24, 2.45) is 0 Å². The molecule has 1 rings (SSSR count). The Hall–Kier alpha value is -2.07. The molecule has 1 N–H and O–H groups in total. The van der Waals surface area contributed by atoms with Crippen molar-refractivity contribution in [1.82, 2.24) is 4.98 Å². The molecule has 0 unspecified atom stereocenters. The van der Waals surface area contributed by atoms with Crippen LogP contribution in [0.5, 0.6) is 5.75 Å². The minimum atomic E-state index is -5.58. The molecule has 1 heterocycles. The lowest BCUT2D eigenvalue weighted by molar-refractivity contribution is -0.277. The van der Waals surface area contributed by atoms with E-state index in [0.29, 0.717) is 0 Å². The Morgan fingerprint density at radius 2 is 1.80 bits per heavy atom. The number of carboxylic acids is 1. The molecule has 0 fully saturated rings. The molecule has 1 aromatic heterocycles. The Morgan fingerprint density at radius 3 is 2.20 bits per heavy atom. The average molecular weight is 307 g/mol. The largest absolute Gasteiger partial charge is 0.573 e. The van der Waals surface area contributed by atoms with Crippen LogP contribution in [0, 0.1) is 5.82 Å². The molecule has 0 bridgehead atoms. The molecule has 0 saturated heterocycles. The van der Waals surface area contributed by atoms with Crippen LogP contribution in [0.1, 0.15) is 11.3 Å². The summed E-state index contributed by atoms with van der Waals surface area (Å²) in [5.74, 6) is -5.95. The summed E-state index contributed by atoms with van der Waals surface area (Å²) in [7, 11) is 0. The molecular weight excluding hydrogens is 303 g/mol. The van der Waals surface area contributed by atoms with Gasteiger partial charge in [0, 0.05) is 0 Å². The molecule has 4 nitrogen and oxygen atoms in total. The number of carbonyl (C=O) groups is 1. The maximum absolute atomic E-state index is 13.1. The van der Waals surface area contributed by atoms with Gasteiger partial charge in [0.25, 0.3) is 0 Å². The van der Waals surface area contributed by atoms with Crippen LogP contribution in [-0.2, 0) is 17.4 Å². The number of hydrogen-bond donors (Lipinski definition) is 1. The fourth-order valence-corrected chi connectivity index (χ4v) is 1.29. The summed E-state index contributed by atoms with van der Waals surface area (Å²) >= 11 is 0. The van der Waals surface area contributed by atoms with E-state index in [4.69, 9.17) is 5.11 Å². The van der Waals surface area contributed by atoms with Crippen LogP contribution >= 0.6 is 0 Å². The first-order valence-electron chi connectivity index (χ1n) is 4.64. The zero-order valence-corrected chi connectivity index (χ0v) is 9.14. The Bertz CT molecular complexity index is 523. The topological polar surface area (TPSA) is 59.4 Å². The highest BCUT2D eigenvalue weighted by molar-refractivity contribution is 5.70. The number of nitrogens with zero attached hydrogens (tertiary/aromatic N) is 1. The molecule has 0 atom stereocenters. The maximum atomic E-state index is 13.1. The third-order valence-corrected chi connectivity index (χ3v) is 1.89. The summed E-state index contributed by atoms with van der Waals surface area (Å²) in [6, 6.07) is 0. The van der Waals surface area contributed by atoms with Crippen LogP contribution < -0.4 is 4.74 Å². The number of aromatic nitrogens is 1. The first-order chi connectivity index (χ1) is 8.92. The molecule has 11 heteroatoms. The van der Waals surface area contributed by atoms with Crippen LogP contribution in [0.3, 0.4) is 0 Å². The summed E-state index contributed by atoms with van der Waals surface area (Å²) in [4.78, 5) is 13.2. The van der Waals surface area contributed by atoms with Crippen molar-refractivity contribution < 1.29 is 45.4 Å². The maximum Gasteiger partial charge on any atom is 0.573 e. The normalized spacial score (nSPS) is 12.3. The summed E-state index contributed by atoms with van der Waals surface area (Å²) in [6.07, 6.45) is -12.4. The van der Waals surface area contributed by atoms with Crippen molar-refractivity contribution >= 4 is 5.97 Å². The highest BCUT2D eigenvalue weighted by Crippen LogP contribution is 2.41. The SMILES string of the molecule is O=C(O)Cc1ncc(F)c(OC(F)(F)F)c1C(F)(F)F. The van der Waals surface area contributed by atoms with Crippen LogP contribution in [-0.4, -0.2) is 22.4 Å². The summed E-state index contributed by atoms with van der Waals surface area (Å²) in [5, 5.41) is 8.39. The quantitative estimate of drug-likeness (QED) is 0.872. The van der Waals surface area contributed by atoms with Crippen molar-refractivity contribution in [2.75, 3.05) is 0 Å². The summed E-state index contributed by atoms with van der Waals surface area (Å²) in [6.45, 7) is 0. The molecule has 0 spiro atoms. The summed E-state index contributed by atoms with van der Waals surface area (Å²) < 4.78 is 90.1. The van der Waals surface area contributed by atoms with Gasteiger partial charge in [-0.2, -0.15) is 13.2 Å². The van der Waals surface area contributed by atoms with E-state index in [0.717, 1.165) is 0 Å². The van der Waals surface area contributed by atoms with Gasteiger partial charge in [-0.15, -0.1) is 13.2 Å². The van der Waals surface area contributed by atoms with Crippen molar-refractivity contribution in [1.29, 1.82) is 0 Å². The third kappa shape index (κ3) is 3.96. The molecule has 1 aromatic rings. The predicted octanol–water partition coefficient (Wildman–Crippen LogP) is 2.77. The number of carboxylic acid groups (broad SMARTS) is 1. The zero-order chi connectivity index (χ0) is 15.7. The molecule has 0 amide bonds. The molecule has 0 aromatic carbocycles. The van der Waals surface area contributed by atoms with E-state index in [1.807, 2.05) is 0 Å². The number of rotatable bonds is 3.